The molecule has 0 bridgehead atoms. The number of para-hydroxylation sites is 2. The van der Waals surface area contributed by atoms with E-state index in [2.05, 4.69) is 10.3 Å². The molecule has 0 saturated heterocycles. The smallest absolute Gasteiger partial charge is 0.251 e. The van der Waals surface area contributed by atoms with E-state index >= 15 is 0 Å². The topological polar surface area (TPSA) is 46.9 Å². The number of rotatable bonds is 4. The van der Waals surface area contributed by atoms with E-state index in [1.807, 2.05) is 41.0 Å². The van der Waals surface area contributed by atoms with E-state index in [1.165, 1.54) is 6.07 Å². The largest absolute Gasteiger partial charge is 0.348 e. The van der Waals surface area contributed by atoms with Crippen LogP contribution in [0.3, 0.4) is 0 Å². The second-order valence-electron chi connectivity index (χ2n) is 5.92. The van der Waals surface area contributed by atoms with E-state index in [0.717, 1.165) is 16.7 Å². The number of nitrogens with one attached hydrogen (secondary N) is 1. The van der Waals surface area contributed by atoms with Gasteiger partial charge in [0.2, 0.25) is 0 Å². The minimum atomic E-state index is -0.324. The molecule has 0 atom stereocenters. The molecule has 4 aromatic rings. The van der Waals surface area contributed by atoms with Gasteiger partial charge in [0.1, 0.15) is 12.1 Å². The van der Waals surface area contributed by atoms with Gasteiger partial charge in [0.05, 0.1) is 11.0 Å². The van der Waals surface area contributed by atoms with Gasteiger partial charge in [-0.25, -0.2) is 9.37 Å². The monoisotopic (exact) mass is 345 g/mol. The molecular weight excluding hydrogens is 329 g/mol. The summed E-state index contributed by atoms with van der Waals surface area (Å²) in [5.74, 6) is -0.564. The second kappa shape index (κ2) is 6.80. The Morgan fingerprint density at radius 3 is 2.50 bits per heavy atom. The Labute approximate surface area is 149 Å². The van der Waals surface area contributed by atoms with Crippen LogP contribution in [0.25, 0.3) is 16.7 Å². The predicted molar refractivity (Wildman–Crippen MR) is 98.6 cm³/mol. The lowest BCUT2D eigenvalue weighted by Crippen LogP contribution is -2.23. The van der Waals surface area contributed by atoms with Crippen molar-refractivity contribution in [3.8, 4) is 5.69 Å². The van der Waals surface area contributed by atoms with Crippen molar-refractivity contribution in [2.45, 2.75) is 6.54 Å². The van der Waals surface area contributed by atoms with E-state index in [1.54, 1.807) is 36.7 Å². The first-order valence-electron chi connectivity index (χ1n) is 8.26. The van der Waals surface area contributed by atoms with E-state index in [9.17, 15) is 9.18 Å². The number of amides is 1. The lowest BCUT2D eigenvalue weighted by atomic mass is 10.1. The fraction of sp³-hybridized carbons (Fsp3) is 0.0476. The Bertz CT molecular complexity index is 1070. The lowest BCUT2D eigenvalue weighted by molar-refractivity contribution is 0.0950. The highest BCUT2D eigenvalue weighted by molar-refractivity contribution is 5.94. The molecule has 1 N–H and O–H groups in total. The number of carbonyl (C=O) groups is 1. The number of aromatic nitrogens is 2. The zero-order valence-corrected chi connectivity index (χ0v) is 13.9. The molecule has 26 heavy (non-hydrogen) atoms. The molecular formula is C21H16FN3O. The number of nitrogens with zero attached hydrogens (tertiary/aromatic N) is 2. The first-order chi connectivity index (χ1) is 12.7. The molecule has 3 aromatic carbocycles. The van der Waals surface area contributed by atoms with Crippen molar-refractivity contribution >= 4 is 16.9 Å². The van der Waals surface area contributed by atoms with Gasteiger partial charge in [-0.05, 0) is 42.5 Å². The zero-order valence-electron chi connectivity index (χ0n) is 13.9. The van der Waals surface area contributed by atoms with Gasteiger partial charge in [-0.2, -0.15) is 0 Å². The first kappa shape index (κ1) is 16.0. The third-order valence-corrected chi connectivity index (χ3v) is 4.26. The summed E-state index contributed by atoms with van der Waals surface area (Å²) in [6.07, 6.45) is 1.76. The van der Waals surface area contributed by atoms with Gasteiger partial charge in [-0.3, -0.25) is 9.36 Å². The minimum absolute atomic E-state index is 0.152. The Morgan fingerprint density at radius 1 is 0.962 bits per heavy atom. The molecule has 0 aliphatic carbocycles. The highest BCUT2D eigenvalue weighted by atomic mass is 19.1. The summed E-state index contributed by atoms with van der Waals surface area (Å²) in [5.41, 5.74) is 3.82. The zero-order chi connectivity index (χ0) is 17.9. The van der Waals surface area contributed by atoms with Crippen molar-refractivity contribution in [2.75, 3.05) is 0 Å². The number of benzene rings is 3. The molecule has 0 fully saturated rings. The van der Waals surface area contributed by atoms with Crippen LogP contribution in [-0.4, -0.2) is 15.5 Å². The molecule has 1 heterocycles. The van der Waals surface area contributed by atoms with Crippen LogP contribution >= 0.6 is 0 Å². The number of hydrogen-bond donors (Lipinski definition) is 1. The van der Waals surface area contributed by atoms with Crippen LogP contribution in [0.4, 0.5) is 4.39 Å². The van der Waals surface area contributed by atoms with Crippen LogP contribution in [0, 0.1) is 5.82 Å². The van der Waals surface area contributed by atoms with Crippen molar-refractivity contribution in [3.63, 3.8) is 0 Å². The maximum absolute atomic E-state index is 13.6. The first-order valence-corrected chi connectivity index (χ1v) is 8.26. The third kappa shape index (κ3) is 3.07. The maximum Gasteiger partial charge on any atom is 0.251 e. The number of fused-ring (bicyclic) bond motifs is 1. The molecule has 0 radical (unpaired) electrons. The molecule has 0 aliphatic heterocycles. The highest BCUT2D eigenvalue weighted by Crippen LogP contribution is 2.18. The Kier molecular flexibility index (Phi) is 4.19. The van der Waals surface area contributed by atoms with Crippen molar-refractivity contribution in [1.82, 2.24) is 14.9 Å². The van der Waals surface area contributed by atoms with Gasteiger partial charge >= 0.3 is 0 Å². The minimum Gasteiger partial charge on any atom is -0.348 e. The van der Waals surface area contributed by atoms with Crippen molar-refractivity contribution < 1.29 is 9.18 Å². The maximum atomic E-state index is 13.6. The second-order valence-corrected chi connectivity index (χ2v) is 5.92. The summed E-state index contributed by atoms with van der Waals surface area (Å²) in [6.45, 7) is 0.152. The van der Waals surface area contributed by atoms with Gasteiger partial charge < -0.3 is 5.32 Å². The number of hydrogen-bond acceptors (Lipinski definition) is 2. The van der Waals surface area contributed by atoms with Crippen molar-refractivity contribution in [2.24, 2.45) is 0 Å². The Morgan fingerprint density at radius 2 is 1.69 bits per heavy atom. The summed E-state index contributed by atoms with van der Waals surface area (Å²) in [4.78, 5) is 16.7. The molecule has 0 saturated carbocycles. The Hall–Kier alpha value is -3.47. The van der Waals surface area contributed by atoms with E-state index < -0.39 is 0 Å². The molecule has 5 heteroatoms. The Balaban J connectivity index is 1.50. The van der Waals surface area contributed by atoms with E-state index in [0.29, 0.717) is 11.1 Å². The van der Waals surface area contributed by atoms with Gasteiger partial charge in [-0.1, -0.05) is 30.3 Å². The molecule has 0 aliphatic rings. The summed E-state index contributed by atoms with van der Waals surface area (Å²) in [5, 5.41) is 2.74. The summed E-state index contributed by atoms with van der Waals surface area (Å²) in [6, 6.07) is 21.5. The highest BCUT2D eigenvalue weighted by Gasteiger charge is 2.09. The molecule has 4 rings (SSSR count). The number of imidazole rings is 1. The van der Waals surface area contributed by atoms with Crippen LogP contribution in [0.5, 0.6) is 0 Å². The summed E-state index contributed by atoms with van der Waals surface area (Å²) < 4.78 is 15.6. The van der Waals surface area contributed by atoms with Gasteiger partial charge in [-0.15, -0.1) is 0 Å². The number of halogens is 1. The van der Waals surface area contributed by atoms with Crippen LogP contribution in [0.1, 0.15) is 15.9 Å². The quantitative estimate of drug-likeness (QED) is 0.605. The molecule has 4 nitrogen and oxygen atoms in total. The third-order valence-electron chi connectivity index (χ3n) is 4.26. The predicted octanol–water partition coefficient (Wildman–Crippen LogP) is 4.09. The van der Waals surface area contributed by atoms with Gasteiger partial charge in [0.15, 0.2) is 0 Å². The normalized spacial score (nSPS) is 10.8. The van der Waals surface area contributed by atoms with Crippen LogP contribution < -0.4 is 5.32 Å². The molecule has 1 aromatic heterocycles. The van der Waals surface area contributed by atoms with Crippen LogP contribution in [0.2, 0.25) is 0 Å². The van der Waals surface area contributed by atoms with E-state index in [-0.39, 0.29) is 18.3 Å². The molecule has 0 spiro atoms. The fourth-order valence-corrected chi connectivity index (χ4v) is 2.86. The average molecular weight is 345 g/mol. The van der Waals surface area contributed by atoms with Crippen LogP contribution in [0.15, 0.2) is 79.1 Å². The summed E-state index contributed by atoms with van der Waals surface area (Å²) >= 11 is 0. The van der Waals surface area contributed by atoms with Gasteiger partial charge in [0, 0.05) is 23.4 Å². The van der Waals surface area contributed by atoms with Crippen molar-refractivity contribution in [3.05, 3.63) is 96.1 Å². The number of carbonyl (C=O) groups excluding carboxylic acids is 1. The SMILES string of the molecule is O=C(NCc1ccccc1F)c1ccc(-n2cnc3ccccc32)cc1. The molecule has 128 valence electrons. The summed E-state index contributed by atoms with van der Waals surface area (Å²) in [7, 11) is 0. The van der Waals surface area contributed by atoms with Gasteiger partial charge in [0.25, 0.3) is 5.91 Å². The fourth-order valence-electron chi connectivity index (χ4n) is 2.86. The average Bonchev–Trinajstić information content (AvgIpc) is 3.11. The standard InChI is InChI=1S/C21H16FN3O/c22-18-6-2-1-5-16(18)13-23-21(26)15-9-11-17(12-10-15)25-14-24-19-7-3-4-8-20(19)25/h1-12,14H,13H2,(H,23,26). The van der Waals surface area contributed by atoms with E-state index in [4.69, 9.17) is 0 Å². The molecule has 0 unspecified atom stereocenters. The molecule has 1 amide bonds. The van der Waals surface area contributed by atoms with Crippen molar-refractivity contribution in [1.29, 1.82) is 0 Å². The van der Waals surface area contributed by atoms with Crippen LogP contribution in [-0.2, 0) is 6.54 Å². The lowest BCUT2D eigenvalue weighted by Gasteiger charge is -2.08.